The van der Waals surface area contributed by atoms with Crippen molar-refractivity contribution in [2.24, 2.45) is 23.6 Å². The summed E-state index contributed by atoms with van der Waals surface area (Å²) in [5, 5.41) is 0. The molecule has 2 aliphatic rings. The molecule has 0 spiro atoms. The van der Waals surface area contributed by atoms with Gasteiger partial charge in [-0.1, -0.05) is 25.3 Å². The lowest BCUT2D eigenvalue weighted by Crippen LogP contribution is -2.37. The van der Waals surface area contributed by atoms with Crippen LogP contribution in [0.4, 0.5) is 0 Å². The topological polar surface area (TPSA) is 38.0 Å². The zero-order valence-corrected chi connectivity index (χ0v) is 11.7. The van der Waals surface area contributed by atoms with Gasteiger partial charge in [0, 0.05) is 6.04 Å². The number of allylic oxidation sites excluding steroid dienone is 1. The molecule has 2 rings (SSSR count). The number of hydrazine groups is 1. The molecule has 0 aromatic carbocycles. The third kappa shape index (κ3) is 3.83. The molecule has 2 aliphatic carbocycles. The summed E-state index contributed by atoms with van der Waals surface area (Å²) >= 11 is 0. The Balaban J connectivity index is 1.61. The fraction of sp³-hybridized carbons (Fsp3) is 0.875. The van der Waals surface area contributed by atoms with E-state index in [1.54, 1.807) is 0 Å². The summed E-state index contributed by atoms with van der Waals surface area (Å²) in [5.74, 6) is 8.79. The molecule has 2 saturated carbocycles. The molecule has 104 valence electrons. The third-order valence-corrected chi connectivity index (χ3v) is 5.17. The van der Waals surface area contributed by atoms with Crippen LogP contribution in [0.2, 0.25) is 0 Å². The lowest BCUT2D eigenvalue weighted by molar-refractivity contribution is 0.270. The Hall–Kier alpha value is -0.340. The van der Waals surface area contributed by atoms with E-state index in [1.165, 1.54) is 57.8 Å². The highest BCUT2D eigenvalue weighted by atomic mass is 15.2. The second-order valence-electron chi connectivity index (χ2n) is 6.46. The van der Waals surface area contributed by atoms with Crippen molar-refractivity contribution in [3.8, 4) is 0 Å². The Morgan fingerprint density at radius 3 is 2.72 bits per heavy atom. The van der Waals surface area contributed by atoms with Crippen LogP contribution in [-0.2, 0) is 0 Å². The highest BCUT2D eigenvalue weighted by Crippen LogP contribution is 2.50. The number of fused-ring (bicyclic) bond motifs is 2. The van der Waals surface area contributed by atoms with Crippen LogP contribution in [0.3, 0.4) is 0 Å². The van der Waals surface area contributed by atoms with Crippen LogP contribution in [-0.4, -0.2) is 6.04 Å². The Labute approximate surface area is 112 Å². The molecule has 2 nitrogen and oxygen atoms in total. The molecule has 18 heavy (non-hydrogen) atoms. The minimum Gasteiger partial charge on any atom is -0.271 e. The van der Waals surface area contributed by atoms with Crippen molar-refractivity contribution in [1.29, 1.82) is 0 Å². The Bertz CT molecular complexity index is 251. The number of hydrogen-bond donors (Lipinski definition) is 2. The maximum atomic E-state index is 5.72. The first-order valence-electron chi connectivity index (χ1n) is 7.90. The van der Waals surface area contributed by atoms with E-state index in [-0.39, 0.29) is 0 Å². The fourth-order valence-electron chi connectivity index (χ4n) is 4.16. The Morgan fingerprint density at radius 1 is 1.22 bits per heavy atom. The van der Waals surface area contributed by atoms with Crippen LogP contribution < -0.4 is 11.3 Å². The van der Waals surface area contributed by atoms with Gasteiger partial charge in [0.1, 0.15) is 0 Å². The number of nitrogens with two attached hydrogens (primary N) is 1. The van der Waals surface area contributed by atoms with Gasteiger partial charge in [0.2, 0.25) is 0 Å². The number of nitrogens with one attached hydrogen (secondary N) is 1. The van der Waals surface area contributed by atoms with Gasteiger partial charge in [-0.2, -0.15) is 0 Å². The number of unbranched alkanes of at least 4 members (excludes halogenated alkanes) is 3. The van der Waals surface area contributed by atoms with Crippen molar-refractivity contribution in [2.45, 2.75) is 70.3 Å². The minimum atomic E-state index is 0.554. The maximum absolute atomic E-state index is 5.72. The van der Waals surface area contributed by atoms with Gasteiger partial charge in [-0.3, -0.25) is 11.3 Å². The molecule has 0 radical (unpaired) electrons. The number of rotatable bonds is 9. The van der Waals surface area contributed by atoms with Gasteiger partial charge in [-0.15, -0.1) is 6.58 Å². The van der Waals surface area contributed by atoms with Gasteiger partial charge in [-0.25, -0.2) is 0 Å². The van der Waals surface area contributed by atoms with Crippen molar-refractivity contribution in [1.82, 2.24) is 5.43 Å². The third-order valence-electron chi connectivity index (χ3n) is 5.17. The van der Waals surface area contributed by atoms with Crippen LogP contribution in [0.1, 0.15) is 64.2 Å². The molecule has 4 atom stereocenters. The first kappa shape index (κ1) is 14.1. The summed E-state index contributed by atoms with van der Waals surface area (Å²) in [4.78, 5) is 0. The molecular weight excluding hydrogens is 220 g/mol. The van der Waals surface area contributed by atoms with E-state index in [1.807, 2.05) is 6.08 Å². The van der Waals surface area contributed by atoms with E-state index < -0.39 is 0 Å². The molecule has 0 amide bonds. The quantitative estimate of drug-likeness (QED) is 0.283. The zero-order valence-electron chi connectivity index (χ0n) is 11.7. The van der Waals surface area contributed by atoms with E-state index in [4.69, 9.17) is 5.84 Å². The normalized spacial score (nSPS) is 31.7. The van der Waals surface area contributed by atoms with Gasteiger partial charge in [0.05, 0.1) is 0 Å². The first-order chi connectivity index (χ1) is 8.83. The summed E-state index contributed by atoms with van der Waals surface area (Å²) in [6.07, 6.45) is 15.7. The predicted molar refractivity (Wildman–Crippen MR) is 77.9 cm³/mol. The lowest BCUT2D eigenvalue weighted by atomic mass is 9.83. The molecule has 0 aliphatic heterocycles. The average Bonchev–Trinajstić information content (AvgIpc) is 2.99. The predicted octanol–water partition coefficient (Wildman–Crippen LogP) is 3.78. The molecule has 2 fully saturated rings. The minimum absolute atomic E-state index is 0.554. The molecule has 4 unspecified atom stereocenters. The molecular formula is C16H30N2. The Morgan fingerprint density at radius 2 is 2.11 bits per heavy atom. The SMILES string of the molecule is C=CCCCCCC(CC1CC2CCC1C2)NN. The van der Waals surface area contributed by atoms with Crippen LogP contribution in [0, 0.1) is 17.8 Å². The van der Waals surface area contributed by atoms with Crippen molar-refractivity contribution in [3.63, 3.8) is 0 Å². The standard InChI is InChI=1S/C16H30N2/c1-2-3-4-5-6-7-16(18-17)12-15-11-13-8-9-14(15)10-13/h2,13-16,18H,1,3-12,17H2. The van der Waals surface area contributed by atoms with E-state index in [0.717, 1.165) is 24.2 Å². The molecule has 0 saturated heterocycles. The zero-order chi connectivity index (χ0) is 12.8. The van der Waals surface area contributed by atoms with Crippen molar-refractivity contribution < 1.29 is 0 Å². The molecule has 2 bridgehead atoms. The molecule has 0 heterocycles. The van der Waals surface area contributed by atoms with Gasteiger partial charge in [0.15, 0.2) is 0 Å². The van der Waals surface area contributed by atoms with Crippen molar-refractivity contribution in [3.05, 3.63) is 12.7 Å². The average molecular weight is 250 g/mol. The Kier molecular flexibility index (Phi) is 5.71. The second kappa shape index (κ2) is 7.30. The summed E-state index contributed by atoms with van der Waals surface area (Å²) in [6, 6.07) is 0.554. The van der Waals surface area contributed by atoms with Crippen LogP contribution >= 0.6 is 0 Å². The van der Waals surface area contributed by atoms with Crippen molar-refractivity contribution >= 4 is 0 Å². The smallest absolute Gasteiger partial charge is 0.0213 e. The highest BCUT2D eigenvalue weighted by Gasteiger charge is 2.39. The maximum Gasteiger partial charge on any atom is 0.0213 e. The first-order valence-corrected chi connectivity index (χ1v) is 7.90. The van der Waals surface area contributed by atoms with Crippen molar-refractivity contribution in [2.75, 3.05) is 0 Å². The fourth-order valence-corrected chi connectivity index (χ4v) is 4.16. The second-order valence-corrected chi connectivity index (χ2v) is 6.46. The molecule has 0 aromatic heterocycles. The van der Waals surface area contributed by atoms with Gasteiger partial charge in [0.25, 0.3) is 0 Å². The molecule has 0 aromatic rings. The number of hydrogen-bond acceptors (Lipinski definition) is 2. The van der Waals surface area contributed by atoms with Crippen LogP contribution in [0.5, 0.6) is 0 Å². The summed E-state index contributed by atoms with van der Waals surface area (Å²) in [6.45, 7) is 3.77. The van der Waals surface area contributed by atoms with E-state index in [9.17, 15) is 0 Å². The lowest BCUT2D eigenvalue weighted by Gasteiger charge is -2.26. The summed E-state index contributed by atoms with van der Waals surface area (Å²) in [5.41, 5.74) is 3.06. The highest BCUT2D eigenvalue weighted by molar-refractivity contribution is 4.91. The summed E-state index contributed by atoms with van der Waals surface area (Å²) < 4.78 is 0. The summed E-state index contributed by atoms with van der Waals surface area (Å²) in [7, 11) is 0. The van der Waals surface area contributed by atoms with Crippen LogP contribution in [0.15, 0.2) is 12.7 Å². The van der Waals surface area contributed by atoms with Gasteiger partial charge < -0.3 is 0 Å². The monoisotopic (exact) mass is 250 g/mol. The van der Waals surface area contributed by atoms with E-state index in [2.05, 4.69) is 12.0 Å². The largest absolute Gasteiger partial charge is 0.271 e. The van der Waals surface area contributed by atoms with E-state index in [0.29, 0.717) is 6.04 Å². The molecule has 3 N–H and O–H groups in total. The van der Waals surface area contributed by atoms with E-state index >= 15 is 0 Å². The van der Waals surface area contributed by atoms with Gasteiger partial charge >= 0.3 is 0 Å². The van der Waals surface area contributed by atoms with Gasteiger partial charge in [-0.05, 0) is 62.7 Å². The van der Waals surface area contributed by atoms with Crippen LogP contribution in [0.25, 0.3) is 0 Å². The molecule has 2 heteroatoms.